The molecule has 0 amide bonds. The molecule has 1 heterocycles. The number of ether oxygens (including phenoxy) is 1. The zero-order chi connectivity index (χ0) is 8.39. The number of carbonyl (C=O) groups excluding carboxylic acids is 1. The van der Waals surface area contributed by atoms with Crippen molar-refractivity contribution in [2.75, 3.05) is 0 Å². The first kappa shape index (κ1) is 6.91. The lowest BCUT2D eigenvalue weighted by Crippen LogP contribution is -1.86. The van der Waals surface area contributed by atoms with E-state index in [-0.39, 0.29) is 0 Å². The van der Waals surface area contributed by atoms with Crippen molar-refractivity contribution in [1.29, 1.82) is 0 Å². The maximum atomic E-state index is 10.0. The maximum Gasteiger partial charge on any atom is 0.298 e. The minimum atomic E-state index is 0.424. The van der Waals surface area contributed by atoms with Crippen LogP contribution in [-0.4, -0.2) is 11.5 Å². The van der Waals surface area contributed by atoms with Crippen molar-refractivity contribution >= 4 is 17.4 Å². The molecule has 0 atom stereocenters. The molecule has 1 N–H and O–H groups in total. The van der Waals surface area contributed by atoms with E-state index >= 15 is 0 Å². The minimum absolute atomic E-state index is 0.424. The third-order valence-corrected chi connectivity index (χ3v) is 1.71. The molecule has 0 aliphatic rings. The Kier molecular flexibility index (Phi) is 1.55. The quantitative estimate of drug-likeness (QED) is 0.681. The molecule has 12 heavy (non-hydrogen) atoms. The van der Waals surface area contributed by atoms with Gasteiger partial charge in [-0.3, -0.25) is 4.79 Å². The van der Waals surface area contributed by atoms with Crippen LogP contribution in [0.3, 0.4) is 0 Å². The summed E-state index contributed by atoms with van der Waals surface area (Å²) in [6.07, 6.45) is 1.84. The number of aromatic amines is 1. The molecule has 0 saturated heterocycles. The molecule has 60 valence electrons. The SMILES string of the molecule is O=COc1ccc2[nH]ccc2c1. The molecule has 0 aliphatic heterocycles. The first-order valence-electron chi connectivity index (χ1n) is 3.57. The number of aromatic nitrogens is 1. The molecule has 3 heteroatoms. The minimum Gasteiger partial charge on any atom is -0.429 e. The molecular weight excluding hydrogens is 154 g/mol. The smallest absolute Gasteiger partial charge is 0.298 e. The summed E-state index contributed by atoms with van der Waals surface area (Å²) in [5.41, 5.74) is 1.04. The van der Waals surface area contributed by atoms with Gasteiger partial charge in [0.1, 0.15) is 5.75 Å². The Labute approximate surface area is 69.0 Å². The van der Waals surface area contributed by atoms with Crippen LogP contribution >= 0.6 is 0 Å². The second kappa shape index (κ2) is 2.70. The van der Waals surface area contributed by atoms with Gasteiger partial charge < -0.3 is 9.72 Å². The summed E-state index contributed by atoms with van der Waals surface area (Å²) in [7, 11) is 0. The van der Waals surface area contributed by atoms with E-state index in [1.807, 2.05) is 18.3 Å². The van der Waals surface area contributed by atoms with Gasteiger partial charge in [0.05, 0.1) is 0 Å². The number of rotatable bonds is 2. The number of H-pyrrole nitrogens is 1. The lowest BCUT2D eigenvalue weighted by molar-refractivity contribution is -0.120. The molecule has 1 aromatic carbocycles. The first-order chi connectivity index (χ1) is 5.90. The molecule has 3 nitrogen and oxygen atoms in total. The van der Waals surface area contributed by atoms with Crippen LogP contribution in [0, 0.1) is 0 Å². The van der Waals surface area contributed by atoms with Crippen LogP contribution in [0.5, 0.6) is 5.75 Å². The van der Waals surface area contributed by atoms with Crippen LogP contribution in [0.1, 0.15) is 0 Å². The molecule has 0 aliphatic carbocycles. The molecule has 1 aromatic heterocycles. The highest BCUT2D eigenvalue weighted by Crippen LogP contribution is 2.18. The molecule has 0 unspecified atom stereocenters. The van der Waals surface area contributed by atoms with Gasteiger partial charge in [-0.15, -0.1) is 0 Å². The number of nitrogens with one attached hydrogen (secondary N) is 1. The number of hydrogen-bond acceptors (Lipinski definition) is 2. The standard InChI is InChI=1S/C9H7NO2/c11-6-12-8-1-2-9-7(5-8)3-4-10-9/h1-6,10H. The van der Waals surface area contributed by atoms with Crippen LogP contribution in [-0.2, 0) is 4.79 Å². The Bertz CT molecular complexity index is 406. The van der Waals surface area contributed by atoms with Gasteiger partial charge >= 0.3 is 0 Å². The second-order valence-corrected chi connectivity index (χ2v) is 2.44. The van der Waals surface area contributed by atoms with E-state index in [1.165, 1.54) is 0 Å². The van der Waals surface area contributed by atoms with E-state index in [0.29, 0.717) is 12.2 Å². The third kappa shape index (κ3) is 1.05. The number of fused-ring (bicyclic) bond motifs is 1. The van der Waals surface area contributed by atoms with E-state index < -0.39 is 0 Å². The summed E-state index contributed by atoms with van der Waals surface area (Å²) in [4.78, 5) is 13.1. The lowest BCUT2D eigenvalue weighted by Gasteiger charge is -1.95. The Morgan fingerprint density at radius 3 is 3.08 bits per heavy atom. The number of carbonyl (C=O) groups is 1. The van der Waals surface area contributed by atoms with E-state index in [2.05, 4.69) is 9.72 Å². The normalized spacial score (nSPS) is 10.0. The van der Waals surface area contributed by atoms with Crippen molar-refractivity contribution in [3.05, 3.63) is 30.5 Å². The molecule has 0 spiro atoms. The molecule has 2 rings (SSSR count). The van der Waals surface area contributed by atoms with Crippen LogP contribution in [0.4, 0.5) is 0 Å². The van der Waals surface area contributed by atoms with Crippen LogP contribution < -0.4 is 4.74 Å². The van der Waals surface area contributed by atoms with Crippen molar-refractivity contribution in [2.24, 2.45) is 0 Å². The highest BCUT2D eigenvalue weighted by molar-refractivity contribution is 5.81. The first-order valence-corrected chi connectivity index (χ1v) is 3.57. The average molecular weight is 161 g/mol. The Morgan fingerprint density at radius 2 is 2.25 bits per heavy atom. The Hall–Kier alpha value is -1.77. The molecule has 2 aromatic rings. The van der Waals surface area contributed by atoms with Crippen molar-refractivity contribution in [1.82, 2.24) is 4.98 Å². The largest absolute Gasteiger partial charge is 0.429 e. The summed E-state index contributed by atoms with van der Waals surface area (Å²) in [5, 5.41) is 1.04. The third-order valence-electron chi connectivity index (χ3n) is 1.71. The van der Waals surface area contributed by atoms with Crippen molar-refractivity contribution in [3.8, 4) is 5.75 Å². The van der Waals surface area contributed by atoms with E-state index in [9.17, 15) is 4.79 Å². The number of benzene rings is 1. The molecule has 0 fully saturated rings. The maximum absolute atomic E-state index is 10.0. The zero-order valence-corrected chi connectivity index (χ0v) is 6.28. The van der Waals surface area contributed by atoms with Gasteiger partial charge in [0.25, 0.3) is 6.47 Å². The molecular formula is C9H7NO2. The Morgan fingerprint density at radius 1 is 1.33 bits per heavy atom. The summed E-state index contributed by atoms with van der Waals surface area (Å²) >= 11 is 0. The van der Waals surface area contributed by atoms with Gasteiger partial charge in [0, 0.05) is 17.1 Å². The van der Waals surface area contributed by atoms with Gasteiger partial charge in [-0.2, -0.15) is 0 Å². The molecule has 0 saturated carbocycles. The van der Waals surface area contributed by atoms with Crippen molar-refractivity contribution in [3.63, 3.8) is 0 Å². The van der Waals surface area contributed by atoms with Gasteiger partial charge in [-0.1, -0.05) is 0 Å². The Balaban J connectivity index is 2.52. The lowest BCUT2D eigenvalue weighted by atomic mass is 10.2. The van der Waals surface area contributed by atoms with Crippen LogP contribution in [0.25, 0.3) is 10.9 Å². The fraction of sp³-hybridized carbons (Fsp3) is 0. The summed E-state index contributed by atoms with van der Waals surface area (Å²) in [5.74, 6) is 0.567. The molecule has 0 radical (unpaired) electrons. The van der Waals surface area contributed by atoms with Crippen LogP contribution in [0.2, 0.25) is 0 Å². The summed E-state index contributed by atoms with van der Waals surface area (Å²) in [6, 6.07) is 7.34. The summed E-state index contributed by atoms with van der Waals surface area (Å²) in [6.45, 7) is 0.424. The highest BCUT2D eigenvalue weighted by atomic mass is 16.5. The highest BCUT2D eigenvalue weighted by Gasteiger charge is 1.96. The second-order valence-electron chi connectivity index (χ2n) is 2.44. The van der Waals surface area contributed by atoms with E-state index in [4.69, 9.17) is 0 Å². The fourth-order valence-electron chi connectivity index (χ4n) is 1.16. The predicted molar refractivity (Wildman–Crippen MR) is 45.0 cm³/mol. The van der Waals surface area contributed by atoms with E-state index in [1.54, 1.807) is 12.1 Å². The fourth-order valence-corrected chi connectivity index (χ4v) is 1.16. The van der Waals surface area contributed by atoms with Gasteiger partial charge in [-0.25, -0.2) is 0 Å². The van der Waals surface area contributed by atoms with Crippen molar-refractivity contribution < 1.29 is 9.53 Å². The predicted octanol–water partition coefficient (Wildman–Crippen LogP) is 1.70. The zero-order valence-electron chi connectivity index (χ0n) is 6.28. The topological polar surface area (TPSA) is 42.1 Å². The van der Waals surface area contributed by atoms with Crippen LogP contribution in [0.15, 0.2) is 30.5 Å². The molecule has 0 bridgehead atoms. The van der Waals surface area contributed by atoms with Gasteiger partial charge in [-0.05, 0) is 24.3 Å². The monoisotopic (exact) mass is 161 g/mol. The van der Waals surface area contributed by atoms with Gasteiger partial charge in [0.2, 0.25) is 0 Å². The van der Waals surface area contributed by atoms with E-state index in [0.717, 1.165) is 10.9 Å². The summed E-state index contributed by atoms with van der Waals surface area (Å²) < 4.78 is 4.69. The average Bonchev–Trinajstić information content (AvgIpc) is 2.51. The van der Waals surface area contributed by atoms with Gasteiger partial charge in [0.15, 0.2) is 0 Å². The van der Waals surface area contributed by atoms with Crippen molar-refractivity contribution in [2.45, 2.75) is 0 Å². The number of hydrogen-bond donors (Lipinski definition) is 1.